The summed E-state index contributed by atoms with van der Waals surface area (Å²) >= 11 is 1.76. The van der Waals surface area contributed by atoms with Crippen LogP contribution in [0, 0.1) is 12.8 Å². The van der Waals surface area contributed by atoms with E-state index in [9.17, 15) is 0 Å². The molecule has 0 bridgehead atoms. The number of nitrogens with one attached hydrogen (secondary N) is 1. The summed E-state index contributed by atoms with van der Waals surface area (Å²) in [5.74, 6) is 0.580. The highest BCUT2D eigenvalue weighted by atomic mass is 32.1. The zero-order valence-electron chi connectivity index (χ0n) is 13.5. The molecule has 0 aliphatic rings. The van der Waals surface area contributed by atoms with Gasteiger partial charge in [-0.2, -0.15) is 0 Å². The topological polar surface area (TPSA) is 24.9 Å². The summed E-state index contributed by atoms with van der Waals surface area (Å²) in [5.41, 5.74) is 3.00. The maximum Gasteiger partial charge on any atom is 0.0928 e. The average molecular weight is 302 g/mol. The van der Waals surface area contributed by atoms with Crippen LogP contribution in [0.3, 0.4) is 0 Å². The van der Waals surface area contributed by atoms with Crippen LogP contribution in [0.2, 0.25) is 0 Å². The van der Waals surface area contributed by atoms with Crippen LogP contribution < -0.4 is 5.32 Å². The van der Waals surface area contributed by atoms with Gasteiger partial charge >= 0.3 is 0 Å². The molecule has 0 spiro atoms. The second-order valence-electron chi connectivity index (χ2n) is 6.76. The van der Waals surface area contributed by atoms with E-state index < -0.39 is 0 Å². The van der Waals surface area contributed by atoms with Gasteiger partial charge in [-0.1, -0.05) is 24.3 Å². The molecule has 2 aromatic rings. The average Bonchev–Trinajstić information content (AvgIpc) is 2.90. The number of thiazole rings is 1. The Labute approximate surface area is 132 Å². The van der Waals surface area contributed by atoms with E-state index in [4.69, 9.17) is 0 Å². The van der Waals surface area contributed by atoms with Crippen LogP contribution in [0.4, 0.5) is 0 Å². The summed E-state index contributed by atoms with van der Waals surface area (Å²) in [4.78, 5) is 4.46. The van der Waals surface area contributed by atoms with Gasteiger partial charge in [-0.25, -0.2) is 4.98 Å². The number of benzene rings is 1. The molecule has 1 heterocycles. The molecule has 0 saturated heterocycles. The van der Waals surface area contributed by atoms with Crippen LogP contribution in [0.1, 0.15) is 36.9 Å². The highest BCUT2D eigenvalue weighted by molar-refractivity contribution is 7.09. The van der Waals surface area contributed by atoms with Crippen LogP contribution in [-0.2, 0) is 12.8 Å². The Kier molecular flexibility index (Phi) is 5.54. The molecule has 0 amide bonds. The quantitative estimate of drug-likeness (QED) is 0.863. The maximum atomic E-state index is 4.46. The number of hydrogen-bond acceptors (Lipinski definition) is 3. The molecule has 1 aromatic heterocycles. The zero-order chi connectivity index (χ0) is 15.3. The molecule has 2 nitrogen and oxygen atoms in total. The molecule has 1 unspecified atom stereocenters. The molecule has 0 saturated carbocycles. The van der Waals surface area contributed by atoms with E-state index >= 15 is 0 Å². The van der Waals surface area contributed by atoms with Crippen LogP contribution in [0.25, 0.3) is 0 Å². The first-order valence-corrected chi connectivity index (χ1v) is 8.50. The smallest absolute Gasteiger partial charge is 0.0928 e. The van der Waals surface area contributed by atoms with Gasteiger partial charge in [0.25, 0.3) is 0 Å². The van der Waals surface area contributed by atoms with Crippen molar-refractivity contribution in [2.75, 3.05) is 6.54 Å². The third-order valence-electron chi connectivity index (χ3n) is 3.64. The van der Waals surface area contributed by atoms with Crippen molar-refractivity contribution in [2.45, 2.75) is 46.1 Å². The van der Waals surface area contributed by atoms with E-state index in [-0.39, 0.29) is 5.54 Å². The second kappa shape index (κ2) is 7.19. The van der Waals surface area contributed by atoms with Crippen LogP contribution >= 0.6 is 11.3 Å². The Hall–Kier alpha value is -1.19. The fourth-order valence-corrected chi connectivity index (χ4v) is 3.15. The van der Waals surface area contributed by atoms with E-state index in [0.29, 0.717) is 5.92 Å². The van der Waals surface area contributed by atoms with Gasteiger partial charge in [0.05, 0.1) is 5.01 Å². The van der Waals surface area contributed by atoms with Gasteiger partial charge in [-0.15, -0.1) is 11.3 Å². The summed E-state index contributed by atoms with van der Waals surface area (Å²) in [6.45, 7) is 9.90. The molecular weight excluding hydrogens is 276 g/mol. The molecule has 1 atom stereocenters. The molecule has 114 valence electrons. The SMILES string of the molecule is Cc1ccccc1CC(CNC(C)(C)C)Cc1nccs1. The Balaban J connectivity index is 2.06. The summed E-state index contributed by atoms with van der Waals surface area (Å²) < 4.78 is 0. The number of hydrogen-bond donors (Lipinski definition) is 1. The molecule has 0 aliphatic carbocycles. The Morgan fingerprint density at radius 3 is 2.57 bits per heavy atom. The van der Waals surface area contributed by atoms with E-state index in [1.54, 1.807) is 11.3 Å². The molecular formula is C18H26N2S. The highest BCUT2D eigenvalue weighted by Gasteiger charge is 2.17. The van der Waals surface area contributed by atoms with Gasteiger partial charge in [0.1, 0.15) is 0 Å². The minimum absolute atomic E-state index is 0.160. The van der Waals surface area contributed by atoms with Crippen molar-refractivity contribution >= 4 is 11.3 Å². The molecule has 1 N–H and O–H groups in total. The summed E-state index contributed by atoms with van der Waals surface area (Å²) in [6.07, 6.45) is 4.06. The molecule has 2 rings (SSSR count). The standard InChI is InChI=1S/C18H26N2S/c1-14-7-5-6-8-16(14)11-15(13-20-18(2,3)4)12-17-19-9-10-21-17/h5-10,15,20H,11-13H2,1-4H3. The van der Waals surface area contributed by atoms with Crippen molar-refractivity contribution in [3.05, 3.63) is 52.0 Å². The van der Waals surface area contributed by atoms with E-state index in [2.05, 4.69) is 67.6 Å². The van der Waals surface area contributed by atoms with Crippen molar-refractivity contribution in [1.29, 1.82) is 0 Å². The second-order valence-corrected chi connectivity index (χ2v) is 7.74. The lowest BCUT2D eigenvalue weighted by atomic mass is 9.93. The third kappa shape index (κ3) is 5.60. The van der Waals surface area contributed by atoms with Crippen molar-refractivity contribution in [3.63, 3.8) is 0 Å². The van der Waals surface area contributed by atoms with Crippen molar-refractivity contribution < 1.29 is 0 Å². The first kappa shape index (κ1) is 16.2. The predicted molar refractivity (Wildman–Crippen MR) is 91.9 cm³/mol. The minimum Gasteiger partial charge on any atom is -0.312 e. The Bertz CT molecular complexity index is 541. The van der Waals surface area contributed by atoms with E-state index in [1.807, 2.05) is 6.20 Å². The van der Waals surface area contributed by atoms with Gasteiger partial charge in [0, 0.05) is 23.5 Å². The summed E-state index contributed by atoms with van der Waals surface area (Å²) in [6, 6.07) is 8.70. The van der Waals surface area contributed by atoms with Gasteiger partial charge in [0.15, 0.2) is 0 Å². The van der Waals surface area contributed by atoms with E-state index in [1.165, 1.54) is 16.1 Å². The lowest BCUT2D eigenvalue weighted by Crippen LogP contribution is -2.40. The van der Waals surface area contributed by atoms with Gasteiger partial charge in [-0.3, -0.25) is 0 Å². The number of aryl methyl sites for hydroxylation is 1. The van der Waals surface area contributed by atoms with Gasteiger partial charge in [0.2, 0.25) is 0 Å². The fourth-order valence-electron chi connectivity index (χ4n) is 2.42. The first-order chi connectivity index (χ1) is 9.94. The molecule has 21 heavy (non-hydrogen) atoms. The fraction of sp³-hybridized carbons (Fsp3) is 0.500. The van der Waals surface area contributed by atoms with Crippen LogP contribution in [-0.4, -0.2) is 17.1 Å². The molecule has 3 heteroatoms. The Morgan fingerprint density at radius 2 is 1.95 bits per heavy atom. The summed E-state index contributed by atoms with van der Waals surface area (Å²) in [7, 11) is 0. The zero-order valence-corrected chi connectivity index (χ0v) is 14.3. The molecule has 0 aliphatic heterocycles. The maximum absolute atomic E-state index is 4.46. The lowest BCUT2D eigenvalue weighted by molar-refractivity contribution is 0.366. The Morgan fingerprint density at radius 1 is 1.19 bits per heavy atom. The third-order valence-corrected chi connectivity index (χ3v) is 4.44. The van der Waals surface area contributed by atoms with Crippen molar-refractivity contribution in [3.8, 4) is 0 Å². The number of rotatable bonds is 6. The summed E-state index contributed by atoms with van der Waals surface area (Å²) in [5, 5.41) is 6.96. The monoisotopic (exact) mass is 302 g/mol. The normalized spacial score (nSPS) is 13.3. The van der Waals surface area contributed by atoms with Gasteiger partial charge < -0.3 is 5.32 Å². The number of nitrogens with zero attached hydrogens (tertiary/aromatic N) is 1. The highest BCUT2D eigenvalue weighted by Crippen LogP contribution is 2.19. The van der Waals surface area contributed by atoms with Crippen molar-refractivity contribution in [1.82, 2.24) is 10.3 Å². The molecule has 0 fully saturated rings. The largest absolute Gasteiger partial charge is 0.312 e. The van der Waals surface area contributed by atoms with Crippen LogP contribution in [0.5, 0.6) is 0 Å². The molecule has 1 aromatic carbocycles. The van der Waals surface area contributed by atoms with Gasteiger partial charge in [-0.05, 0) is 57.7 Å². The minimum atomic E-state index is 0.160. The number of aromatic nitrogens is 1. The van der Waals surface area contributed by atoms with Crippen LogP contribution in [0.15, 0.2) is 35.8 Å². The predicted octanol–water partition coefficient (Wildman–Crippen LogP) is 4.24. The molecule has 0 radical (unpaired) electrons. The van der Waals surface area contributed by atoms with Crippen molar-refractivity contribution in [2.24, 2.45) is 5.92 Å². The lowest BCUT2D eigenvalue weighted by Gasteiger charge is -2.25. The van der Waals surface area contributed by atoms with E-state index in [0.717, 1.165) is 19.4 Å². The first-order valence-electron chi connectivity index (χ1n) is 7.62.